The van der Waals surface area contributed by atoms with Gasteiger partial charge in [0.05, 0.1) is 27.0 Å². The topological polar surface area (TPSA) is 93.3 Å². The maximum atomic E-state index is 13.2. The zero-order valence-corrected chi connectivity index (χ0v) is 20.2. The molecule has 1 aliphatic carbocycles. The summed E-state index contributed by atoms with van der Waals surface area (Å²) < 4.78 is 7.75. The lowest BCUT2D eigenvalue weighted by Gasteiger charge is -2.46. The number of carbonyl (C=O) groups is 2. The number of benzene rings is 1. The van der Waals surface area contributed by atoms with Crippen molar-refractivity contribution in [3.8, 4) is 10.8 Å². The summed E-state index contributed by atoms with van der Waals surface area (Å²) in [5.41, 5.74) is 1.98. The summed E-state index contributed by atoms with van der Waals surface area (Å²) in [5.74, 6) is 1.58. The number of nitrogens with one attached hydrogen (secondary N) is 1. The molecule has 3 aromatic heterocycles. The lowest BCUT2D eigenvalue weighted by molar-refractivity contribution is -0.125. The average molecular weight is 488 g/mol. The van der Waals surface area contributed by atoms with Crippen molar-refractivity contribution >= 4 is 40.1 Å². The molecule has 8 nitrogen and oxygen atoms in total. The SMILES string of the molecule is C=CC(=O)N1CCC2(CC(n3c(NC(=O)c4ccc(-c5ncc(C)o5)s4)nc4ccccc43)C2)C1. The Balaban J connectivity index is 1.24. The molecule has 0 atom stereocenters. The molecule has 0 radical (unpaired) electrons. The highest BCUT2D eigenvalue weighted by Gasteiger charge is 2.50. The lowest BCUT2D eigenvalue weighted by Crippen LogP contribution is -2.42. The van der Waals surface area contributed by atoms with Crippen molar-refractivity contribution < 1.29 is 14.0 Å². The van der Waals surface area contributed by atoms with Crippen LogP contribution in [0.15, 0.2) is 59.7 Å². The first-order chi connectivity index (χ1) is 16.9. The third-order valence-corrected chi connectivity index (χ3v) is 8.18. The summed E-state index contributed by atoms with van der Waals surface area (Å²) in [4.78, 5) is 37.5. The Bertz CT molecular complexity index is 1460. The van der Waals surface area contributed by atoms with E-state index >= 15 is 0 Å². The summed E-state index contributed by atoms with van der Waals surface area (Å²) >= 11 is 1.34. The van der Waals surface area contributed by atoms with Gasteiger partial charge in [0.2, 0.25) is 17.7 Å². The maximum Gasteiger partial charge on any atom is 0.268 e. The fourth-order valence-corrected chi connectivity index (χ4v) is 6.25. The second kappa shape index (κ2) is 8.20. The minimum atomic E-state index is -0.209. The third-order valence-electron chi connectivity index (χ3n) is 7.11. The van der Waals surface area contributed by atoms with Crippen LogP contribution in [0.1, 0.15) is 40.7 Å². The number of oxazole rings is 1. The van der Waals surface area contributed by atoms with E-state index in [0.717, 1.165) is 54.0 Å². The summed E-state index contributed by atoms with van der Waals surface area (Å²) in [7, 11) is 0. The first-order valence-electron chi connectivity index (χ1n) is 11.7. The largest absolute Gasteiger partial charge is 0.441 e. The number of hydrogen-bond donors (Lipinski definition) is 1. The fourth-order valence-electron chi connectivity index (χ4n) is 5.42. The Morgan fingerprint density at radius 1 is 1.26 bits per heavy atom. The monoisotopic (exact) mass is 487 g/mol. The van der Waals surface area contributed by atoms with Crippen molar-refractivity contribution in [1.82, 2.24) is 19.4 Å². The highest BCUT2D eigenvalue weighted by atomic mass is 32.1. The normalized spacial score (nSPS) is 21.4. The minimum Gasteiger partial charge on any atom is -0.441 e. The minimum absolute atomic E-state index is 0.00147. The van der Waals surface area contributed by atoms with Gasteiger partial charge in [-0.05, 0) is 61.9 Å². The van der Waals surface area contributed by atoms with Crippen molar-refractivity contribution in [2.45, 2.75) is 32.2 Å². The van der Waals surface area contributed by atoms with Gasteiger partial charge >= 0.3 is 0 Å². The van der Waals surface area contributed by atoms with Gasteiger partial charge in [0.15, 0.2) is 0 Å². The van der Waals surface area contributed by atoms with Crippen LogP contribution >= 0.6 is 11.3 Å². The van der Waals surface area contributed by atoms with Crippen molar-refractivity contribution in [3.05, 3.63) is 65.9 Å². The Hall–Kier alpha value is -3.72. The summed E-state index contributed by atoms with van der Waals surface area (Å²) in [6.07, 6.45) is 5.95. The second-order valence-electron chi connectivity index (χ2n) is 9.46. The zero-order chi connectivity index (χ0) is 24.2. The van der Waals surface area contributed by atoms with Gasteiger partial charge < -0.3 is 13.9 Å². The molecule has 2 fully saturated rings. The van der Waals surface area contributed by atoms with Crippen LogP contribution in [0, 0.1) is 12.3 Å². The first kappa shape index (κ1) is 21.8. The Kier molecular flexibility index (Phi) is 5.10. The van der Waals surface area contributed by atoms with E-state index in [0.29, 0.717) is 16.7 Å². The van der Waals surface area contributed by atoms with E-state index in [2.05, 4.69) is 21.4 Å². The van der Waals surface area contributed by atoms with E-state index < -0.39 is 0 Å². The van der Waals surface area contributed by atoms with Crippen molar-refractivity contribution in [1.29, 1.82) is 0 Å². The molecule has 35 heavy (non-hydrogen) atoms. The van der Waals surface area contributed by atoms with Gasteiger partial charge in [0, 0.05) is 19.1 Å². The van der Waals surface area contributed by atoms with Gasteiger partial charge in [0.25, 0.3) is 5.91 Å². The number of carbonyl (C=O) groups excluding carboxylic acids is 2. The lowest BCUT2D eigenvalue weighted by atomic mass is 9.65. The number of likely N-dealkylation sites (tertiary alicyclic amines) is 1. The second-order valence-corrected chi connectivity index (χ2v) is 10.5. The first-order valence-corrected chi connectivity index (χ1v) is 12.5. The molecule has 1 saturated carbocycles. The van der Waals surface area contributed by atoms with Crippen LogP contribution in [0.3, 0.4) is 0 Å². The van der Waals surface area contributed by atoms with Gasteiger partial charge in [-0.2, -0.15) is 0 Å². The molecule has 4 aromatic rings. The van der Waals surface area contributed by atoms with Crippen molar-refractivity contribution in [3.63, 3.8) is 0 Å². The number of aryl methyl sites for hydroxylation is 1. The smallest absolute Gasteiger partial charge is 0.268 e. The molecule has 178 valence electrons. The van der Waals surface area contributed by atoms with E-state index in [1.165, 1.54) is 17.4 Å². The van der Waals surface area contributed by atoms with E-state index in [-0.39, 0.29) is 23.3 Å². The highest BCUT2D eigenvalue weighted by molar-refractivity contribution is 7.17. The molecule has 9 heteroatoms. The van der Waals surface area contributed by atoms with Crippen molar-refractivity contribution in [2.24, 2.45) is 5.41 Å². The molecule has 2 aliphatic rings. The van der Waals surface area contributed by atoms with E-state index in [9.17, 15) is 9.59 Å². The standard InChI is InChI=1S/C26H25N5O3S/c1-3-22(32)30-11-10-26(15-30)12-17(13-26)31-19-7-5-4-6-18(19)28-25(31)29-23(33)20-8-9-21(35-20)24-27-14-16(2)34-24/h3-9,14,17H,1,10-13,15H2,2H3,(H,28,29,33). The maximum absolute atomic E-state index is 13.2. The summed E-state index contributed by atoms with van der Waals surface area (Å²) in [6.45, 7) is 7.00. The molecule has 1 spiro atoms. The predicted octanol–water partition coefficient (Wildman–Crippen LogP) is 5.05. The number of rotatable bonds is 5. The predicted molar refractivity (Wildman–Crippen MR) is 134 cm³/mol. The fraction of sp³-hybridized carbons (Fsp3) is 0.308. The number of imidazole rings is 1. The molecule has 4 heterocycles. The number of nitrogens with zero attached hydrogens (tertiary/aromatic N) is 4. The molecular weight excluding hydrogens is 462 g/mol. The van der Waals surface area contributed by atoms with Crippen LogP contribution < -0.4 is 5.32 Å². The van der Waals surface area contributed by atoms with Crippen molar-refractivity contribution in [2.75, 3.05) is 18.4 Å². The molecule has 0 bridgehead atoms. The molecule has 1 N–H and O–H groups in total. The van der Waals surface area contributed by atoms with Crippen LogP contribution in [-0.2, 0) is 4.79 Å². The summed E-state index contributed by atoms with van der Waals surface area (Å²) in [6, 6.07) is 11.8. The highest BCUT2D eigenvalue weighted by Crippen LogP contribution is 2.55. The Labute approximate surface area is 206 Å². The van der Waals surface area contributed by atoms with Crippen LogP contribution in [0.25, 0.3) is 21.8 Å². The average Bonchev–Trinajstić information content (AvgIpc) is 3.61. The van der Waals surface area contributed by atoms with Crippen LogP contribution in [-0.4, -0.2) is 44.3 Å². The molecule has 6 rings (SSSR count). The van der Waals surface area contributed by atoms with E-state index in [1.54, 1.807) is 12.3 Å². The number of aromatic nitrogens is 3. The number of anilines is 1. The Morgan fingerprint density at radius 3 is 2.86 bits per heavy atom. The number of para-hydroxylation sites is 2. The van der Waals surface area contributed by atoms with E-state index in [1.807, 2.05) is 42.2 Å². The van der Waals surface area contributed by atoms with E-state index in [4.69, 9.17) is 9.40 Å². The zero-order valence-electron chi connectivity index (χ0n) is 19.4. The number of fused-ring (bicyclic) bond motifs is 1. The molecule has 1 saturated heterocycles. The van der Waals surface area contributed by atoms with Crippen LogP contribution in [0.5, 0.6) is 0 Å². The molecule has 2 amide bonds. The van der Waals surface area contributed by atoms with Gasteiger partial charge in [-0.25, -0.2) is 9.97 Å². The van der Waals surface area contributed by atoms with Crippen LogP contribution in [0.2, 0.25) is 0 Å². The molecule has 1 aliphatic heterocycles. The third kappa shape index (κ3) is 3.76. The number of amides is 2. The number of hydrogen-bond acceptors (Lipinski definition) is 6. The Morgan fingerprint density at radius 2 is 2.09 bits per heavy atom. The van der Waals surface area contributed by atoms with Gasteiger partial charge in [-0.3, -0.25) is 14.9 Å². The number of thiophene rings is 1. The summed E-state index contributed by atoms with van der Waals surface area (Å²) in [5, 5.41) is 3.05. The molecule has 1 aromatic carbocycles. The quantitative estimate of drug-likeness (QED) is 0.398. The van der Waals surface area contributed by atoms with Gasteiger partial charge in [0.1, 0.15) is 5.76 Å². The molecular formula is C26H25N5O3S. The van der Waals surface area contributed by atoms with Gasteiger partial charge in [-0.1, -0.05) is 18.7 Å². The van der Waals surface area contributed by atoms with Gasteiger partial charge in [-0.15, -0.1) is 11.3 Å². The molecule has 0 unspecified atom stereocenters. The van der Waals surface area contributed by atoms with Crippen LogP contribution in [0.4, 0.5) is 5.95 Å².